The number of aromatic nitrogens is 2. The highest BCUT2D eigenvalue weighted by molar-refractivity contribution is 5.76. The molecule has 0 radical (unpaired) electrons. The Hall–Kier alpha value is -2.99. The van der Waals surface area contributed by atoms with Crippen molar-refractivity contribution in [2.24, 2.45) is 0 Å². The van der Waals surface area contributed by atoms with Crippen molar-refractivity contribution in [1.29, 1.82) is 0 Å². The highest BCUT2D eigenvalue weighted by Gasteiger charge is 2.21. The maximum atomic E-state index is 12.2. The molecular formula is C21H21N3O3. The summed E-state index contributed by atoms with van der Waals surface area (Å²) in [5, 5.41) is 6.92. The number of hydrogen-bond donors (Lipinski definition) is 1. The molecule has 6 heteroatoms. The summed E-state index contributed by atoms with van der Waals surface area (Å²) in [6.45, 7) is 1.15. The quantitative estimate of drug-likeness (QED) is 0.728. The van der Waals surface area contributed by atoms with Crippen LogP contribution >= 0.6 is 0 Å². The van der Waals surface area contributed by atoms with Crippen molar-refractivity contribution >= 4 is 5.91 Å². The van der Waals surface area contributed by atoms with Gasteiger partial charge >= 0.3 is 0 Å². The highest BCUT2D eigenvalue weighted by Crippen LogP contribution is 2.26. The van der Waals surface area contributed by atoms with E-state index in [1.54, 1.807) is 0 Å². The smallest absolute Gasteiger partial charge is 0.227 e. The van der Waals surface area contributed by atoms with E-state index in [1.165, 1.54) is 5.56 Å². The van der Waals surface area contributed by atoms with E-state index in [-0.39, 0.29) is 12.0 Å². The van der Waals surface area contributed by atoms with Gasteiger partial charge in [0.05, 0.1) is 6.61 Å². The van der Waals surface area contributed by atoms with E-state index < -0.39 is 0 Å². The summed E-state index contributed by atoms with van der Waals surface area (Å²) in [6, 6.07) is 17.8. The zero-order valence-electron chi connectivity index (χ0n) is 14.9. The molecule has 0 aliphatic carbocycles. The van der Waals surface area contributed by atoms with Gasteiger partial charge in [0.2, 0.25) is 17.6 Å². The van der Waals surface area contributed by atoms with Gasteiger partial charge in [-0.3, -0.25) is 4.79 Å². The second-order valence-corrected chi connectivity index (χ2v) is 6.49. The molecule has 1 unspecified atom stereocenters. The second kappa shape index (κ2) is 8.14. The Morgan fingerprint density at radius 3 is 2.81 bits per heavy atom. The van der Waals surface area contributed by atoms with Gasteiger partial charge < -0.3 is 14.6 Å². The summed E-state index contributed by atoms with van der Waals surface area (Å²) in [4.78, 5) is 16.5. The summed E-state index contributed by atoms with van der Waals surface area (Å²) >= 11 is 0. The van der Waals surface area contributed by atoms with Crippen LogP contribution < -0.4 is 5.32 Å². The minimum atomic E-state index is -0.0908. The first kappa shape index (κ1) is 17.4. The molecule has 1 aliphatic rings. The maximum Gasteiger partial charge on any atom is 0.227 e. The van der Waals surface area contributed by atoms with Crippen LogP contribution in [-0.2, 0) is 22.4 Å². The number of carbonyl (C=O) groups is 1. The average Bonchev–Trinajstić information content (AvgIpc) is 3.20. The monoisotopic (exact) mass is 363 g/mol. The molecule has 1 N–H and O–H groups in total. The zero-order valence-corrected chi connectivity index (χ0v) is 14.9. The molecule has 138 valence electrons. The third-order valence-electron chi connectivity index (χ3n) is 4.64. The lowest BCUT2D eigenvalue weighted by Gasteiger charge is -2.26. The molecule has 1 amide bonds. The predicted molar refractivity (Wildman–Crippen MR) is 99.9 cm³/mol. The number of carbonyl (C=O) groups excluding carboxylic acids is 1. The lowest BCUT2D eigenvalue weighted by molar-refractivity contribution is -0.121. The zero-order chi connectivity index (χ0) is 18.5. The second-order valence-electron chi connectivity index (χ2n) is 6.49. The lowest BCUT2D eigenvalue weighted by atomic mass is 9.97. The third kappa shape index (κ3) is 4.23. The fourth-order valence-corrected chi connectivity index (χ4v) is 3.22. The minimum absolute atomic E-state index is 0.0545. The van der Waals surface area contributed by atoms with E-state index in [1.807, 2.05) is 42.5 Å². The number of benzene rings is 2. The number of aryl methyl sites for hydroxylation is 1. The Balaban J connectivity index is 1.28. The molecule has 0 spiro atoms. The number of ether oxygens (including phenoxy) is 1. The van der Waals surface area contributed by atoms with Crippen LogP contribution in [0, 0.1) is 0 Å². The van der Waals surface area contributed by atoms with Crippen LogP contribution in [0.15, 0.2) is 59.1 Å². The first-order chi connectivity index (χ1) is 13.3. The average molecular weight is 363 g/mol. The lowest BCUT2D eigenvalue weighted by Crippen LogP contribution is -2.32. The Kier molecular flexibility index (Phi) is 5.25. The van der Waals surface area contributed by atoms with E-state index in [4.69, 9.17) is 9.26 Å². The Morgan fingerprint density at radius 2 is 1.93 bits per heavy atom. The van der Waals surface area contributed by atoms with Gasteiger partial charge in [-0.2, -0.15) is 4.98 Å². The van der Waals surface area contributed by atoms with Crippen molar-refractivity contribution in [2.45, 2.75) is 25.4 Å². The predicted octanol–water partition coefficient (Wildman–Crippen LogP) is 3.10. The SMILES string of the molecule is O=C(CCc1nc(-c2ccccc2)no1)NCC1OCCc2ccccc21. The molecule has 0 fully saturated rings. The van der Waals surface area contributed by atoms with Crippen LogP contribution in [0.4, 0.5) is 0 Å². The number of rotatable bonds is 6. The number of nitrogens with zero attached hydrogens (tertiary/aromatic N) is 2. The van der Waals surface area contributed by atoms with Gasteiger partial charge in [0.25, 0.3) is 0 Å². The largest absolute Gasteiger partial charge is 0.371 e. The summed E-state index contributed by atoms with van der Waals surface area (Å²) in [6.07, 6.45) is 1.53. The molecule has 0 saturated heterocycles. The molecule has 0 saturated carbocycles. The van der Waals surface area contributed by atoms with Crippen LogP contribution in [0.25, 0.3) is 11.4 Å². The number of amides is 1. The molecule has 3 aromatic rings. The molecule has 2 heterocycles. The van der Waals surface area contributed by atoms with Gasteiger partial charge in [0.15, 0.2) is 0 Å². The molecule has 2 aromatic carbocycles. The molecule has 6 nitrogen and oxygen atoms in total. The van der Waals surface area contributed by atoms with Crippen molar-refractivity contribution in [3.05, 3.63) is 71.6 Å². The molecule has 1 atom stereocenters. The van der Waals surface area contributed by atoms with Gasteiger partial charge in [0.1, 0.15) is 6.10 Å². The van der Waals surface area contributed by atoms with Gasteiger partial charge in [-0.15, -0.1) is 0 Å². The van der Waals surface area contributed by atoms with Crippen LogP contribution in [0.1, 0.15) is 29.5 Å². The summed E-state index contributed by atoms with van der Waals surface area (Å²) in [5.74, 6) is 0.947. The normalized spacial score (nSPS) is 15.9. The molecule has 4 rings (SSSR count). The fourth-order valence-electron chi connectivity index (χ4n) is 3.22. The van der Waals surface area contributed by atoms with Gasteiger partial charge in [-0.1, -0.05) is 59.8 Å². The Morgan fingerprint density at radius 1 is 1.11 bits per heavy atom. The Bertz CT molecular complexity index is 908. The molecular weight excluding hydrogens is 342 g/mol. The van der Waals surface area contributed by atoms with Gasteiger partial charge in [-0.25, -0.2) is 0 Å². The summed E-state index contributed by atoms with van der Waals surface area (Å²) in [7, 11) is 0. The number of hydrogen-bond acceptors (Lipinski definition) is 5. The van der Waals surface area contributed by atoms with E-state index in [9.17, 15) is 4.79 Å². The fraction of sp³-hybridized carbons (Fsp3) is 0.286. The van der Waals surface area contributed by atoms with E-state index >= 15 is 0 Å². The standard InChI is InChI=1S/C21H21N3O3/c25-19(22-14-18-17-9-5-4-6-15(17)12-13-26-18)10-11-20-23-21(24-27-20)16-7-2-1-3-8-16/h1-9,18H,10-14H2,(H,22,25). The van der Waals surface area contributed by atoms with Crippen LogP contribution in [0.5, 0.6) is 0 Å². The van der Waals surface area contributed by atoms with Gasteiger partial charge in [0, 0.05) is 24.9 Å². The summed E-state index contributed by atoms with van der Waals surface area (Å²) < 4.78 is 11.1. The molecule has 27 heavy (non-hydrogen) atoms. The van der Waals surface area contributed by atoms with Crippen molar-refractivity contribution in [2.75, 3.05) is 13.2 Å². The van der Waals surface area contributed by atoms with Crippen LogP contribution in [0.3, 0.4) is 0 Å². The molecule has 0 bridgehead atoms. The first-order valence-corrected chi connectivity index (χ1v) is 9.14. The summed E-state index contributed by atoms with van der Waals surface area (Å²) in [5.41, 5.74) is 3.35. The van der Waals surface area contributed by atoms with E-state index in [0.29, 0.717) is 37.7 Å². The van der Waals surface area contributed by atoms with Gasteiger partial charge in [-0.05, 0) is 17.5 Å². The van der Waals surface area contributed by atoms with Crippen LogP contribution in [-0.4, -0.2) is 29.2 Å². The minimum Gasteiger partial charge on any atom is -0.371 e. The van der Waals surface area contributed by atoms with Crippen molar-refractivity contribution in [3.8, 4) is 11.4 Å². The van der Waals surface area contributed by atoms with E-state index in [0.717, 1.165) is 17.5 Å². The Labute approximate surface area is 157 Å². The molecule has 1 aromatic heterocycles. The third-order valence-corrected chi connectivity index (χ3v) is 4.64. The number of fused-ring (bicyclic) bond motifs is 1. The topological polar surface area (TPSA) is 77.2 Å². The van der Waals surface area contributed by atoms with Crippen LogP contribution in [0.2, 0.25) is 0 Å². The first-order valence-electron chi connectivity index (χ1n) is 9.14. The highest BCUT2D eigenvalue weighted by atomic mass is 16.5. The maximum absolute atomic E-state index is 12.2. The number of nitrogens with one attached hydrogen (secondary N) is 1. The van der Waals surface area contributed by atoms with Crippen molar-refractivity contribution < 1.29 is 14.1 Å². The van der Waals surface area contributed by atoms with Crippen molar-refractivity contribution in [3.63, 3.8) is 0 Å². The molecule has 1 aliphatic heterocycles. The van der Waals surface area contributed by atoms with E-state index in [2.05, 4.69) is 27.6 Å². The van der Waals surface area contributed by atoms with Crippen molar-refractivity contribution in [1.82, 2.24) is 15.5 Å².